The Morgan fingerprint density at radius 1 is 1.12 bits per heavy atom. The molecular formula is C27H46INO2S. The quantitative estimate of drug-likeness (QED) is 0.336. The predicted octanol–water partition coefficient (Wildman–Crippen LogP) is 9.17. The zero-order chi connectivity index (χ0) is 22.2. The number of hydrogen-bond acceptors (Lipinski definition) is 4. The Labute approximate surface area is 213 Å². The van der Waals surface area contributed by atoms with Gasteiger partial charge in [0.25, 0.3) is 0 Å². The number of methoxy groups -OCH3 is 1. The van der Waals surface area contributed by atoms with Gasteiger partial charge in [0.15, 0.2) is 0 Å². The molecule has 4 aliphatic carbocycles. The number of rotatable bonds is 4. The monoisotopic (exact) mass is 575 g/mol. The largest absolute Gasteiger partial charge is 0.384 e. The van der Waals surface area contributed by atoms with Crippen molar-refractivity contribution in [1.82, 2.24) is 5.16 Å². The molecule has 5 rings (SSSR count). The fourth-order valence-corrected chi connectivity index (χ4v) is 9.63. The Balaban J connectivity index is 0.000000938. The van der Waals surface area contributed by atoms with Gasteiger partial charge in [0.2, 0.25) is 5.09 Å². The molecule has 4 fully saturated rings. The molecule has 5 heteroatoms. The number of nitrogens with zero attached hydrogens (tertiary/aromatic N) is 1. The molecule has 0 aliphatic heterocycles. The molecule has 1 aromatic heterocycles. The second-order valence-corrected chi connectivity index (χ2v) is 12.9. The van der Waals surface area contributed by atoms with Crippen molar-refractivity contribution in [3.8, 4) is 0 Å². The summed E-state index contributed by atoms with van der Waals surface area (Å²) in [4.78, 5) is 0. The molecule has 32 heavy (non-hydrogen) atoms. The lowest BCUT2D eigenvalue weighted by Gasteiger charge is -2.62. The molecule has 4 saturated carbocycles. The van der Waals surface area contributed by atoms with E-state index in [1.807, 2.05) is 21.0 Å². The summed E-state index contributed by atoms with van der Waals surface area (Å²) in [5.41, 5.74) is 2.08. The molecular weight excluding hydrogens is 529 g/mol. The predicted molar refractivity (Wildman–Crippen MR) is 144 cm³/mol. The highest BCUT2D eigenvalue weighted by molar-refractivity contribution is 14.2. The third-order valence-electron chi connectivity index (χ3n) is 9.98. The first-order valence-corrected chi connectivity index (χ1v) is 16.1. The van der Waals surface area contributed by atoms with Crippen LogP contribution in [0.5, 0.6) is 0 Å². The van der Waals surface area contributed by atoms with Crippen LogP contribution in [0, 0.1) is 40.4 Å². The van der Waals surface area contributed by atoms with Gasteiger partial charge in [-0.25, -0.2) is 0 Å². The lowest BCUT2D eigenvalue weighted by atomic mass is 9.44. The van der Waals surface area contributed by atoms with Crippen LogP contribution in [-0.2, 0) is 4.74 Å². The lowest BCUT2D eigenvalue weighted by molar-refractivity contribution is -0.147. The fraction of sp³-hybridized carbons (Fsp3) is 0.889. The van der Waals surface area contributed by atoms with Crippen molar-refractivity contribution >= 4 is 30.1 Å². The Bertz CT molecular complexity index is 741. The molecule has 8 atom stereocenters. The molecule has 4 aliphatic rings. The normalized spacial score (nSPS) is 42.6. The Kier molecular flexibility index (Phi) is 9.13. The third-order valence-corrected chi connectivity index (χ3v) is 11.6. The minimum absolute atomic E-state index is 0. The maximum Gasteiger partial charge on any atom is 0.203 e. The van der Waals surface area contributed by atoms with Crippen LogP contribution < -0.4 is 0 Å². The van der Waals surface area contributed by atoms with Crippen molar-refractivity contribution < 1.29 is 9.26 Å². The summed E-state index contributed by atoms with van der Waals surface area (Å²) >= 11 is 2.29. The summed E-state index contributed by atoms with van der Waals surface area (Å²) in [5, 5.41) is 5.46. The van der Waals surface area contributed by atoms with Crippen molar-refractivity contribution in [2.45, 2.75) is 104 Å². The van der Waals surface area contributed by atoms with Gasteiger partial charge in [0.05, 0.1) is 12.3 Å². The molecule has 0 bridgehead atoms. The van der Waals surface area contributed by atoms with Gasteiger partial charge >= 0.3 is 0 Å². The van der Waals surface area contributed by atoms with Crippen molar-refractivity contribution in [3.05, 3.63) is 11.8 Å². The number of fused-ring (bicyclic) bond motifs is 5. The molecule has 8 unspecified atom stereocenters. The highest BCUT2D eigenvalue weighted by Gasteiger charge is 2.61. The van der Waals surface area contributed by atoms with E-state index in [4.69, 9.17) is 9.26 Å². The van der Waals surface area contributed by atoms with Crippen molar-refractivity contribution in [1.29, 1.82) is 0 Å². The Morgan fingerprint density at radius 2 is 1.91 bits per heavy atom. The molecule has 184 valence electrons. The fourth-order valence-electron chi connectivity index (χ4n) is 8.77. The van der Waals surface area contributed by atoms with E-state index >= 15 is 0 Å². The zero-order valence-corrected chi connectivity index (χ0v) is 23.1. The first-order valence-electron chi connectivity index (χ1n) is 12.8. The van der Waals surface area contributed by atoms with Crippen LogP contribution in [0.2, 0.25) is 0 Å². The SMILES string of the molecule is C.CC.COCC12CCC(C)CC1CCC1C3CCC(c4cc(SI)on4)C3(C)CCC12. The van der Waals surface area contributed by atoms with Gasteiger partial charge in [-0.2, -0.15) is 0 Å². The summed E-state index contributed by atoms with van der Waals surface area (Å²) in [5.74, 6) is 5.01. The Hall–Kier alpha value is 0.250. The van der Waals surface area contributed by atoms with Crippen LogP contribution in [0.4, 0.5) is 0 Å². The highest BCUT2D eigenvalue weighted by atomic mass is 127. The van der Waals surface area contributed by atoms with Crippen molar-refractivity contribution in [3.63, 3.8) is 0 Å². The maximum absolute atomic E-state index is 5.94. The highest BCUT2D eigenvalue weighted by Crippen LogP contribution is 2.69. The molecule has 0 radical (unpaired) electrons. The number of hydrogen-bond donors (Lipinski definition) is 0. The summed E-state index contributed by atoms with van der Waals surface area (Å²) in [6.45, 7) is 10.1. The van der Waals surface area contributed by atoms with E-state index in [-0.39, 0.29) is 7.43 Å². The van der Waals surface area contributed by atoms with Crippen molar-refractivity contribution in [2.75, 3.05) is 13.7 Å². The lowest BCUT2D eigenvalue weighted by Crippen LogP contribution is -2.56. The van der Waals surface area contributed by atoms with Gasteiger partial charge in [-0.15, -0.1) is 0 Å². The number of aromatic nitrogens is 1. The van der Waals surface area contributed by atoms with E-state index in [0.717, 1.165) is 41.3 Å². The summed E-state index contributed by atoms with van der Waals surface area (Å²) in [6, 6.07) is 2.22. The molecule has 0 aromatic carbocycles. The summed E-state index contributed by atoms with van der Waals surface area (Å²) < 4.78 is 11.5. The van der Waals surface area contributed by atoms with Crippen LogP contribution in [0.1, 0.15) is 105 Å². The van der Waals surface area contributed by atoms with Gasteiger partial charge in [-0.1, -0.05) is 46.7 Å². The summed E-state index contributed by atoms with van der Waals surface area (Å²) in [6.07, 6.45) is 12.6. The maximum atomic E-state index is 5.94. The van der Waals surface area contributed by atoms with E-state index < -0.39 is 0 Å². The van der Waals surface area contributed by atoms with Gasteiger partial charge in [-0.05, 0) is 101 Å². The molecule has 0 N–H and O–H groups in total. The zero-order valence-electron chi connectivity index (χ0n) is 20.2. The van der Waals surface area contributed by atoms with Crippen LogP contribution >= 0.6 is 30.1 Å². The average Bonchev–Trinajstić information content (AvgIpc) is 3.39. The minimum Gasteiger partial charge on any atom is -0.384 e. The molecule has 0 spiro atoms. The topological polar surface area (TPSA) is 35.3 Å². The van der Waals surface area contributed by atoms with E-state index in [1.165, 1.54) is 63.5 Å². The Morgan fingerprint density at radius 3 is 2.59 bits per heavy atom. The van der Waals surface area contributed by atoms with Gasteiger partial charge < -0.3 is 9.26 Å². The smallest absolute Gasteiger partial charge is 0.203 e. The van der Waals surface area contributed by atoms with Crippen LogP contribution in [-0.4, -0.2) is 18.9 Å². The second kappa shape index (κ2) is 10.9. The van der Waals surface area contributed by atoms with E-state index in [2.05, 4.69) is 46.3 Å². The molecule has 3 nitrogen and oxygen atoms in total. The van der Waals surface area contributed by atoms with Crippen LogP contribution in [0.15, 0.2) is 15.7 Å². The molecule has 0 amide bonds. The van der Waals surface area contributed by atoms with Crippen molar-refractivity contribution in [2.24, 2.45) is 40.4 Å². The van der Waals surface area contributed by atoms with E-state index in [9.17, 15) is 0 Å². The van der Waals surface area contributed by atoms with Crippen LogP contribution in [0.3, 0.4) is 0 Å². The van der Waals surface area contributed by atoms with Crippen LogP contribution in [0.25, 0.3) is 0 Å². The third kappa shape index (κ3) is 4.34. The number of halogens is 1. The van der Waals surface area contributed by atoms with Gasteiger partial charge in [0, 0.05) is 40.3 Å². The molecule has 1 aromatic rings. The van der Waals surface area contributed by atoms with E-state index in [0.29, 0.717) is 16.7 Å². The number of ether oxygens (including phenoxy) is 1. The molecule has 1 heterocycles. The minimum atomic E-state index is 0. The van der Waals surface area contributed by atoms with Gasteiger partial charge in [-0.3, -0.25) is 0 Å². The molecule has 0 saturated heterocycles. The summed E-state index contributed by atoms with van der Waals surface area (Å²) in [7, 11) is 3.58. The standard InChI is InChI=1S/C24H36INO2S.C2H6.CH4/c1-15-8-11-24(14-27-3)16(12-15)4-5-17-18-6-7-20(21-13-22(29-25)28-26-21)23(18,2)10-9-19(17)24;1-2;/h13,15-20H,4-12,14H2,1-3H3;1-2H3;1H4. The first kappa shape index (κ1) is 26.8. The van der Waals surface area contributed by atoms with Gasteiger partial charge in [0.1, 0.15) is 0 Å². The van der Waals surface area contributed by atoms with E-state index in [1.54, 1.807) is 8.93 Å². The second-order valence-electron chi connectivity index (χ2n) is 11.0. The first-order chi connectivity index (χ1) is 15.0. The average molecular weight is 576 g/mol.